The third kappa shape index (κ3) is 3.17. The SMILES string of the molecule is CC(C(=O)O)C(C)n1nnnc1CCc1cccnc1. The van der Waals surface area contributed by atoms with Crippen molar-refractivity contribution in [3.8, 4) is 0 Å². The van der Waals surface area contributed by atoms with E-state index in [4.69, 9.17) is 5.11 Å². The quantitative estimate of drug-likeness (QED) is 0.849. The summed E-state index contributed by atoms with van der Waals surface area (Å²) in [5.41, 5.74) is 1.10. The second-order valence-electron chi connectivity index (χ2n) is 4.77. The predicted octanol–water partition coefficient (Wildman–Crippen LogP) is 1.13. The molecule has 0 fully saturated rings. The van der Waals surface area contributed by atoms with E-state index in [2.05, 4.69) is 20.5 Å². The van der Waals surface area contributed by atoms with Crippen LogP contribution in [0.2, 0.25) is 0 Å². The smallest absolute Gasteiger partial charge is 0.308 e. The van der Waals surface area contributed by atoms with Crippen molar-refractivity contribution in [2.75, 3.05) is 0 Å². The molecule has 0 saturated carbocycles. The van der Waals surface area contributed by atoms with Crippen LogP contribution in [0.1, 0.15) is 31.3 Å². The lowest BCUT2D eigenvalue weighted by Gasteiger charge is -2.17. The van der Waals surface area contributed by atoms with Gasteiger partial charge < -0.3 is 5.11 Å². The predicted molar refractivity (Wildman–Crippen MR) is 71.0 cm³/mol. The maximum absolute atomic E-state index is 11.0. The molecule has 2 heterocycles. The highest BCUT2D eigenvalue weighted by Crippen LogP contribution is 2.18. The highest BCUT2D eigenvalue weighted by molar-refractivity contribution is 5.70. The van der Waals surface area contributed by atoms with Gasteiger partial charge in [0.05, 0.1) is 12.0 Å². The number of aliphatic carboxylic acids is 1. The number of rotatable bonds is 6. The van der Waals surface area contributed by atoms with Crippen molar-refractivity contribution < 1.29 is 9.90 Å². The Morgan fingerprint density at radius 1 is 1.40 bits per heavy atom. The van der Waals surface area contributed by atoms with Crippen molar-refractivity contribution in [1.29, 1.82) is 0 Å². The lowest BCUT2D eigenvalue weighted by atomic mass is 10.0. The van der Waals surface area contributed by atoms with Crippen LogP contribution in [0.3, 0.4) is 0 Å². The topological polar surface area (TPSA) is 93.8 Å². The monoisotopic (exact) mass is 275 g/mol. The summed E-state index contributed by atoms with van der Waals surface area (Å²) in [6.45, 7) is 3.46. The molecule has 2 atom stereocenters. The molecular formula is C13H17N5O2. The average Bonchev–Trinajstić information content (AvgIpc) is 2.93. The normalized spacial score (nSPS) is 13.9. The maximum Gasteiger partial charge on any atom is 0.308 e. The Kier molecular flexibility index (Phi) is 4.39. The summed E-state index contributed by atoms with van der Waals surface area (Å²) >= 11 is 0. The fourth-order valence-corrected chi connectivity index (χ4v) is 1.91. The standard InChI is InChI=1S/C13H17N5O2/c1-9(13(19)20)10(2)18-12(15-16-17-18)6-5-11-4-3-7-14-8-11/h3-4,7-10H,5-6H2,1-2H3,(H,19,20). The molecule has 20 heavy (non-hydrogen) atoms. The zero-order valence-electron chi connectivity index (χ0n) is 11.5. The van der Waals surface area contributed by atoms with Gasteiger partial charge in [0.1, 0.15) is 0 Å². The third-order valence-electron chi connectivity index (χ3n) is 3.42. The molecule has 7 heteroatoms. The average molecular weight is 275 g/mol. The molecule has 0 aliphatic carbocycles. The van der Waals surface area contributed by atoms with Crippen LogP contribution in [0.15, 0.2) is 24.5 Å². The van der Waals surface area contributed by atoms with Crippen molar-refractivity contribution in [3.63, 3.8) is 0 Å². The maximum atomic E-state index is 11.0. The first-order chi connectivity index (χ1) is 9.59. The van der Waals surface area contributed by atoms with E-state index in [9.17, 15) is 4.79 Å². The van der Waals surface area contributed by atoms with Crippen molar-refractivity contribution in [3.05, 3.63) is 35.9 Å². The van der Waals surface area contributed by atoms with Crippen LogP contribution in [0.4, 0.5) is 0 Å². The van der Waals surface area contributed by atoms with Gasteiger partial charge in [-0.2, -0.15) is 0 Å². The van der Waals surface area contributed by atoms with Gasteiger partial charge in [0, 0.05) is 18.8 Å². The second-order valence-corrected chi connectivity index (χ2v) is 4.77. The molecule has 0 aromatic carbocycles. The van der Waals surface area contributed by atoms with Gasteiger partial charge in [-0.25, -0.2) is 4.68 Å². The highest BCUT2D eigenvalue weighted by atomic mass is 16.4. The van der Waals surface area contributed by atoms with E-state index < -0.39 is 11.9 Å². The number of hydrogen-bond acceptors (Lipinski definition) is 5. The van der Waals surface area contributed by atoms with Crippen LogP contribution in [0.5, 0.6) is 0 Å². The summed E-state index contributed by atoms with van der Waals surface area (Å²) < 4.78 is 1.59. The molecule has 0 radical (unpaired) electrons. The van der Waals surface area contributed by atoms with Gasteiger partial charge in [-0.05, 0) is 42.3 Å². The first-order valence-electron chi connectivity index (χ1n) is 6.48. The van der Waals surface area contributed by atoms with E-state index in [1.54, 1.807) is 24.0 Å². The summed E-state index contributed by atoms with van der Waals surface area (Å²) in [6, 6.07) is 3.59. The van der Waals surface area contributed by atoms with Gasteiger partial charge in [-0.1, -0.05) is 6.07 Å². The highest BCUT2D eigenvalue weighted by Gasteiger charge is 2.24. The number of carbonyl (C=O) groups is 1. The zero-order chi connectivity index (χ0) is 14.5. The van der Waals surface area contributed by atoms with E-state index in [0.29, 0.717) is 12.2 Å². The fourth-order valence-electron chi connectivity index (χ4n) is 1.91. The zero-order valence-corrected chi connectivity index (χ0v) is 11.5. The van der Waals surface area contributed by atoms with Gasteiger partial charge >= 0.3 is 5.97 Å². The number of carboxylic acid groups (broad SMARTS) is 1. The van der Waals surface area contributed by atoms with E-state index >= 15 is 0 Å². The summed E-state index contributed by atoms with van der Waals surface area (Å²) in [5, 5.41) is 20.6. The van der Waals surface area contributed by atoms with Crippen LogP contribution < -0.4 is 0 Å². The summed E-state index contributed by atoms with van der Waals surface area (Å²) in [4.78, 5) is 15.1. The molecule has 0 aliphatic rings. The first kappa shape index (κ1) is 14.1. The number of pyridine rings is 1. The molecule has 2 aromatic rings. The molecule has 0 saturated heterocycles. The van der Waals surface area contributed by atoms with Crippen LogP contribution in [0.25, 0.3) is 0 Å². The second kappa shape index (κ2) is 6.23. The molecule has 0 amide bonds. The fraction of sp³-hybridized carbons (Fsp3) is 0.462. The van der Waals surface area contributed by atoms with Crippen molar-refractivity contribution >= 4 is 5.97 Å². The van der Waals surface area contributed by atoms with Crippen LogP contribution >= 0.6 is 0 Å². The number of hydrogen-bond donors (Lipinski definition) is 1. The van der Waals surface area contributed by atoms with Gasteiger partial charge in [-0.3, -0.25) is 9.78 Å². The Labute approximate surface area is 116 Å². The van der Waals surface area contributed by atoms with E-state index in [1.165, 1.54) is 0 Å². The summed E-state index contributed by atoms with van der Waals surface area (Å²) in [6.07, 6.45) is 4.94. The number of carboxylic acids is 1. The van der Waals surface area contributed by atoms with Crippen molar-refractivity contribution in [2.45, 2.75) is 32.7 Å². The van der Waals surface area contributed by atoms with Crippen molar-refractivity contribution in [1.82, 2.24) is 25.2 Å². The number of aromatic nitrogens is 5. The Bertz CT molecular complexity index is 569. The molecule has 2 aromatic heterocycles. The van der Waals surface area contributed by atoms with E-state index in [0.717, 1.165) is 12.0 Å². The lowest BCUT2D eigenvalue weighted by molar-refractivity contribution is -0.142. The van der Waals surface area contributed by atoms with Crippen molar-refractivity contribution in [2.24, 2.45) is 5.92 Å². The van der Waals surface area contributed by atoms with Crippen LogP contribution in [0, 0.1) is 5.92 Å². The summed E-state index contributed by atoms with van der Waals surface area (Å²) in [7, 11) is 0. The Balaban J connectivity index is 2.07. The molecule has 106 valence electrons. The van der Waals surface area contributed by atoms with Gasteiger partial charge in [0.25, 0.3) is 0 Å². The first-order valence-corrected chi connectivity index (χ1v) is 6.48. The number of nitrogens with zero attached hydrogens (tertiary/aromatic N) is 5. The molecular weight excluding hydrogens is 258 g/mol. The van der Waals surface area contributed by atoms with Crippen LogP contribution in [-0.2, 0) is 17.6 Å². The third-order valence-corrected chi connectivity index (χ3v) is 3.42. The van der Waals surface area contributed by atoms with E-state index in [-0.39, 0.29) is 6.04 Å². The summed E-state index contributed by atoms with van der Waals surface area (Å²) in [5.74, 6) is -0.712. The molecule has 2 unspecified atom stereocenters. The molecule has 7 nitrogen and oxygen atoms in total. The minimum atomic E-state index is -0.855. The van der Waals surface area contributed by atoms with Gasteiger partial charge in [-0.15, -0.1) is 5.10 Å². The van der Waals surface area contributed by atoms with E-state index in [1.807, 2.05) is 19.1 Å². The lowest BCUT2D eigenvalue weighted by Crippen LogP contribution is -2.24. The largest absolute Gasteiger partial charge is 0.481 e. The Morgan fingerprint density at radius 3 is 2.85 bits per heavy atom. The minimum Gasteiger partial charge on any atom is -0.481 e. The van der Waals surface area contributed by atoms with Crippen LogP contribution in [-0.4, -0.2) is 36.3 Å². The number of tetrazole rings is 1. The molecule has 0 bridgehead atoms. The Morgan fingerprint density at radius 2 is 2.20 bits per heavy atom. The molecule has 1 N–H and O–H groups in total. The minimum absolute atomic E-state index is 0.286. The van der Waals surface area contributed by atoms with Gasteiger partial charge in [0.15, 0.2) is 5.82 Å². The van der Waals surface area contributed by atoms with Gasteiger partial charge in [0.2, 0.25) is 0 Å². The molecule has 0 spiro atoms. The molecule has 2 rings (SSSR count). The number of aryl methyl sites for hydroxylation is 2. The Hall–Kier alpha value is -2.31. The molecule has 0 aliphatic heterocycles.